The van der Waals surface area contributed by atoms with E-state index in [9.17, 15) is 4.79 Å². The van der Waals surface area contributed by atoms with Gasteiger partial charge in [-0.05, 0) is 38.0 Å². The third-order valence-electron chi connectivity index (χ3n) is 6.07. The van der Waals surface area contributed by atoms with Gasteiger partial charge in [0.1, 0.15) is 0 Å². The Bertz CT molecular complexity index is 1460. The van der Waals surface area contributed by atoms with Crippen LogP contribution in [0.2, 0.25) is 0 Å². The lowest BCUT2D eigenvalue weighted by Crippen LogP contribution is -2.31. The molecule has 1 aliphatic heterocycles. The Kier molecular flexibility index (Phi) is 4.24. The molecule has 158 valence electrons. The monoisotopic (exact) mass is 424 g/mol. The van der Waals surface area contributed by atoms with Crippen molar-refractivity contribution in [2.24, 2.45) is 0 Å². The maximum atomic E-state index is 13.9. The average molecular weight is 424 g/mol. The van der Waals surface area contributed by atoms with Gasteiger partial charge in [-0.1, -0.05) is 41.6 Å². The Morgan fingerprint density at radius 2 is 1.94 bits per heavy atom. The van der Waals surface area contributed by atoms with E-state index in [-0.39, 0.29) is 11.9 Å². The molecule has 1 aliphatic rings. The van der Waals surface area contributed by atoms with Crippen molar-refractivity contribution in [1.29, 1.82) is 0 Å². The van der Waals surface area contributed by atoms with Gasteiger partial charge >= 0.3 is 0 Å². The second-order valence-electron chi connectivity index (χ2n) is 8.01. The number of carbonyl (C=O) groups excluding carboxylic acids is 1. The zero-order valence-corrected chi connectivity index (χ0v) is 17.5. The van der Waals surface area contributed by atoms with Crippen LogP contribution in [0.15, 0.2) is 65.3 Å². The van der Waals surface area contributed by atoms with Crippen LogP contribution in [0.25, 0.3) is 28.0 Å². The van der Waals surface area contributed by atoms with Crippen LogP contribution in [0.3, 0.4) is 0 Å². The van der Waals surface area contributed by atoms with Crippen LogP contribution in [0.5, 0.6) is 0 Å². The predicted octanol–water partition coefficient (Wildman–Crippen LogP) is 4.22. The number of pyridine rings is 2. The van der Waals surface area contributed by atoms with Crippen molar-refractivity contribution >= 4 is 22.7 Å². The summed E-state index contributed by atoms with van der Waals surface area (Å²) in [5.41, 5.74) is 3.94. The second-order valence-corrected chi connectivity index (χ2v) is 8.01. The predicted molar refractivity (Wildman–Crippen MR) is 118 cm³/mol. The molecule has 1 amide bonds. The van der Waals surface area contributed by atoms with E-state index in [2.05, 4.69) is 20.3 Å². The fourth-order valence-electron chi connectivity index (χ4n) is 4.54. The molecule has 1 fully saturated rings. The Morgan fingerprint density at radius 1 is 1.09 bits per heavy atom. The minimum atomic E-state index is -0.150. The molecule has 6 rings (SSSR count). The number of fused-ring (bicyclic) bond motifs is 2. The zero-order valence-electron chi connectivity index (χ0n) is 17.5. The van der Waals surface area contributed by atoms with Gasteiger partial charge in [-0.15, -0.1) is 10.2 Å². The summed E-state index contributed by atoms with van der Waals surface area (Å²) in [6, 6.07) is 17.3. The number of likely N-dealkylation sites (tertiary alicyclic amines) is 1. The SMILES string of the molecule is Cc1noc2nc(-c3ccccc3)cc(C(=O)N3CCCC3c3nnc4ccccn34)c12. The number of aromatic nitrogens is 5. The number of nitrogens with zero attached hydrogens (tertiary/aromatic N) is 6. The molecule has 0 N–H and O–H groups in total. The van der Waals surface area contributed by atoms with Gasteiger partial charge < -0.3 is 9.42 Å². The lowest BCUT2D eigenvalue weighted by atomic mass is 10.0. The second kappa shape index (κ2) is 7.26. The van der Waals surface area contributed by atoms with Gasteiger partial charge in [0.25, 0.3) is 11.6 Å². The van der Waals surface area contributed by atoms with Crippen LogP contribution in [-0.4, -0.2) is 42.1 Å². The third-order valence-corrected chi connectivity index (χ3v) is 6.07. The molecule has 5 aromatic rings. The standard InChI is InChI=1S/C24H20N6O2/c1-15-21-17(14-18(25-23(21)32-28-15)16-8-3-2-4-9-16)24(31)29-13-7-10-19(29)22-27-26-20-11-5-6-12-30(20)22/h2-6,8-9,11-12,14,19H,7,10,13H2,1H3. The smallest absolute Gasteiger partial charge is 0.259 e. The number of hydrogen-bond acceptors (Lipinski definition) is 6. The van der Waals surface area contributed by atoms with Crippen molar-refractivity contribution < 1.29 is 9.32 Å². The molecule has 5 heterocycles. The van der Waals surface area contributed by atoms with Crippen molar-refractivity contribution in [3.8, 4) is 11.3 Å². The quantitative estimate of drug-likeness (QED) is 0.431. The molecule has 1 atom stereocenters. The Hall–Kier alpha value is -4.07. The van der Waals surface area contributed by atoms with Crippen LogP contribution in [-0.2, 0) is 0 Å². The summed E-state index contributed by atoms with van der Waals surface area (Å²) >= 11 is 0. The minimum Gasteiger partial charge on any atom is -0.335 e. The topological polar surface area (TPSA) is 89.4 Å². The van der Waals surface area contributed by atoms with Crippen molar-refractivity contribution in [3.05, 3.63) is 77.9 Å². The van der Waals surface area contributed by atoms with E-state index in [0.29, 0.717) is 34.6 Å². The number of amides is 1. The molecule has 0 spiro atoms. The summed E-state index contributed by atoms with van der Waals surface area (Å²) in [7, 11) is 0. The summed E-state index contributed by atoms with van der Waals surface area (Å²) in [5.74, 6) is 0.707. The van der Waals surface area contributed by atoms with Crippen molar-refractivity contribution in [2.45, 2.75) is 25.8 Å². The number of hydrogen-bond donors (Lipinski definition) is 0. The van der Waals surface area contributed by atoms with Crippen LogP contribution >= 0.6 is 0 Å². The first-order valence-corrected chi connectivity index (χ1v) is 10.6. The van der Waals surface area contributed by atoms with Gasteiger partial charge in [0.2, 0.25) is 0 Å². The third kappa shape index (κ3) is 2.87. The first-order chi connectivity index (χ1) is 15.7. The molecule has 0 saturated carbocycles. The summed E-state index contributed by atoms with van der Waals surface area (Å²) < 4.78 is 7.42. The van der Waals surface area contributed by atoms with Crippen LogP contribution < -0.4 is 0 Å². The van der Waals surface area contributed by atoms with Crippen molar-refractivity contribution in [3.63, 3.8) is 0 Å². The normalized spacial score (nSPS) is 16.3. The first-order valence-electron chi connectivity index (χ1n) is 10.6. The molecule has 0 radical (unpaired) electrons. The van der Waals surface area contributed by atoms with Gasteiger partial charge in [0, 0.05) is 18.3 Å². The largest absolute Gasteiger partial charge is 0.335 e. The fraction of sp³-hybridized carbons (Fsp3) is 0.208. The molecule has 8 nitrogen and oxygen atoms in total. The van der Waals surface area contributed by atoms with Gasteiger partial charge in [0.05, 0.1) is 28.4 Å². The van der Waals surface area contributed by atoms with E-state index < -0.39 is 0 Å². The van der Waals surface area contributed by atoms with E-state index in [4.69, 9.17) is 4.52 Å². The van der Waals surface area contributed by atoms with Gasteiger partial charge in [0.15, 0.2) is 11.5 Å². The summed E-state index contributed by atoms with van der Waals surface area (Å²) in [6.45, 7) is 2.49. The van der Waals surface area contributed by atoms with E-state index in [1.807, 2.05) is 77.0 Å². The van der Waals surface area contributed by atoms with Gasteiger partial charge in [-0.3, -0.25) is 9.20 Å². The summed E-state index contributed by atoms with van der Waals surface area (Å²) in [6.07, 6.45) is 3.68. The van der Waals surface area contributed by atoms with E-state index in [0.717, 1.165) is 29.9 Å². The van der Waals surface area contributed by atoms with Gasteiger partial charge in [-0.25, -0.2) is 4.98 Å². The molecule has 0 bridgehead atoms. The van der Waals surface area contributed by atoms with Crippen LogP contribution in [0.1, 0.15) is 40.8 Å². The summed E-state index contributed by atoms with van der Waals surface area (Å²) in [4.78, 5) is 20.4. The molecular weight excluding hydrogens is 404 g/mol. The van der Waals surface area contributed by atoms with Crippen molar-refractivity contribution in [1.82, 2.24) is 29.6 Å². The molecule has 32 heavy (non-hydrogen) atoms. The Balaban J connectivity index is 1.47. The molecule has 4 aromatic heterocycles. The number of rotatable bonds is 3. The van der Waals surface area contributed by atoms with E-state index in [1.54, 1.807) is 0 Å². The van der Waals surface area contributed by atoms with Gasteiger partial charge in [-0.2, -0.15) is 0 Å². The van der Waals surface area contributed by atoms with Crippen LogP contribution in [0.4, 0.5) is 0 Å². The molecule has 1 saturated heterocycles. The Morgan fingerprint density at radius 3 is 2.81 bits per heavy atom. The van der Waals surface area contributed by atoms with Crippen molar-refractivity contribution in [2.75, 3.05) is 6.54 Å². The zero-order chi connectivity index (χ0) is 21.7. The highest BCUT2D eigenvalue weighted by Crippen LogP contribution is 2.35. The highest BCUT2D eigenvalue weighted by atomic mass is 16.5. The number of benzene rings is 1. The van der Waals surface area contributed by atoms with E-state index >= 15 is 0 Å². The molecule has 8 heteroatoms. The first kappa shape index (κ1) is 18.7. The lowest BCUT2D eigenvalue weighted by molar-refractivity contribution is 0.0731. The minimum absolute atomic E-state index is 0.0731. The maximum Gasteiger partial charge on any atom is 0.259 e. The molecular formula is C24H20N6O2. The highest BCUT2D eigenvalue weighted by molar-refractivity contribution is 6.07. The number of carbonyl (C=O) groups is 1. The van der Waals surface area contributed by atoms with Crippen LogP contribution in [0, 0.1) is 6.92 Å². The molecule has 1 aromatic carbocycles. The molecule has 0 aliphatic carbocycles. The molecule has 1 unspecified atom stereocenters. The lowest BCUT2D eigenvalue weighted by Gasteiger charge is -2.24. The Labute approximate surface area is 183 Å². The highest BCUT2D eigenvalue weighted by Gasteiger charge is 2.35. The average Bonchev–Trinajstić information content (AvgIpc) is 3.57. The van der Waals surface area contributed by atoms with E-state index in [1.165, 1.54) is 0 Å². The number of aryl methyl sites for hydroxylation is 1. The summed E-state index contributed by atoms with van der Waals surface area (Å²) in [5, 5.41) is 13.4. The fourth-order valence-corrected chi connectivity index (χ4v) is 4.54. The maximum absolute atomic E-state index is 13.9.